The Hall–Kier alpha value is -0.920. The van der Waals surface area contributed by atoms with Crippen molar-refractivity contribution in [2.75, 3.05) is 0 Å². The van der Waals surface area contributed by atoms with Crippen LogP contribution in [0, 0.1) is 11.8 Å². The second kappa shape index (κ2) is 3.86. The highest BCUT2D eigenvalue weighted by Gasteiger charge is 2.32. The molecule has 0 aromatic heterocycles. The largest absolute Gasteiger partial charge is 0.303 e. The summed E-state index contributed by atoms with van der Waals surface area (Å²) in [5.41, 5.74) is 1.93. The fraction of sp³-hybridized carbons (Fsp3) is 0.636. The lowest BCUT2D eigenvalue weighted by Crippen LogP contribution is -2.30. The fourth-order valence-corrected chi connectivity index (χ4v) is 1.83. The van der Waals surface area contributed by atoms with E-state index in [1.807, 2.05) is 20.8 Å². The van der Waals surface area contributed by atoms with E-state index in [0.29, 0.717) is 0 Å². The molecule has 0 saturated heterocycles. The first-order valence-corrected chi connectivity index (χ1v) is 4.73. The average Bonchev–Trinajstić information content (AvgIpc) is 2.04. The van der Waals surface area contributed by atoms with Crippen molar-refractivity contribution in [1.82, 2.24) is 0 Å². The van der Waals surface area contributed by atoms with E-state index < -0.39 is 5.92 Å². The van der Waals surface area contributed by atoms with Crippen molar-refractivity contribution in [1.29, 1.82) is 0 Å². The molecule has 0 heterocycles. The molecule has 0 bridgehead atoms. The van der Waals surface area contributed by atoms with Gasteiger partial charge >= 0.3 is 0 Å². The summed E-state index contributed by atoms with van der Waals surface area (Å²) < 4.78 is 0. The van der Waals surface area contributed by atoms with Gasteiger partial charge in [-0.3, -0.25) is 4.79 Å². The Morgan fingerprint density at radius 3 is 2.54 bits per heavy atom. The minimum atomic E-state index is -0.390. The Balaban J connectivity index is 2.94. The third-order valence-corrected chi connectivity index (χ3v) is 2.81. The van der Waals surface area contributed by atoms with Crippen LogP contribution in [0.4, 0.5) is 0 Å². The third kappa shape index (κ3) is 1.87. The van der Waals surface area contributed by atoms with E-state index in [1.165, 1.54) is 0 Å². The lowest BCUT2D eigenvalue weighted by atomic mass is 9.76. The highest BCUT2D eigenvalue weighted by atomic mass is 16.1. The summed E-state index contributed by atoms with van der Waals surface area (Å²) >= 11 is 0. The van der Waals surface area contributed by atoms with Crippen LogP contribution in [-0.4, -0.2) is 12.1 Å². The Labute approximate surface area is 79.0 Å². The zero-order chi connectivity index (χ0) is 10.0. The second-order valence-electron chi connectivity index (χ2n) is 4.02. The third-order valence-electron chi connectivity index (χ3n) is 2.81. The lowest BCUT2D eigenvalue weighted by Gasteiger charge is -2.25. The van der Waals surface area contributed by atoms with Crippen molar-refractivity contribution in [3.05, 3.63) is 11.1 Å². The summed E-state index contributed by atoms with van der Waals surface area (Å²) in [6.07, 6.45) is 2.59. The molecule has 0 aromatic rings. The van der Waals surface area contributed by atoms with Crippen LogP contribution < -0.4 is 0 Å². The standard InChI is InChI=1S/C11H16O2/c1-7(2)9-5-4-8(3)10(6-12)11(9)13/h6,8,10H,4-5H2,1-3H3. The Morgan fingerprint density at radius 2 is 2.08 bits per heavy atom. The van der Waals surface area contributed by atoms with Crippen molar-refractivity contribution in [2.24, 2.45) is 11.8 Å². The van der Waals surface area contributed by atoms with Gasteiger partial charge in [0.05, 0.1) is 5.92 Å². The predicted octanol–water partition coefficient (Wildman–Crippen LogP) is 2.14. The van der Waals surface area contributed by atoms with Gasteiger partial charge in [-0.05, 0) is 38.2 Å². The van der Waals surface area contributed by atoms with Gasteiger partial charge in [-0.25, -0.2) is 0 Å². The zero-order valence-electron chi connectivity index (χ0n) is 8.46. The van der Waals surface area contributed by atoms with Gasteiger partial charge in [-0.1, -0.05) is 12.5 Å². The topological polar surface area (TPSA) is 34.1 Å². The van der Waals surface area contributed by atoms with E-state index in [1.54, 1.807) is 0 Å². The van der Waals surface area contributed by atoms with Crippen LogP contribution in [0.2, 0.25) is 0 Å². The molecule has 2 atom stereocenters. The Morgan fingerprint density at radius 1 is 1.46 bits per heavy atom. The number of rotatable bonds is 1. The first-order chi connectivity index (χ1) is 6.07. The molecule has 1 fully saturated rings. The summed E-state index contributed by atoms with van der Waals surface area (Å²) in [4.78, 5) is 22.4. The van der Waals surface area contributed by atoms with Crippen LogP contribution in [0.5, 0.6) is 0 Å². The fourth-order valence-electron chi connectivity index (χ4n) is 1.83. The van der Waals surface area contributed by atoms with Gasteiger partial charge in [0, 0.05) is 0 Å². The molecule has 1 rings (SSSR count). The van der Waals surface area contributed by atoms with Gasteiger partial charge in [-0.2, -0.15) is 0 Å². The van der Waals surface area contributed by atoms with Gasteiger partial charge in [-0.15, -0.1) is 0 Å². The number of carbonyl (C=O) groups is 2. The number of Topliss-reactive ketones (excluding diaryl/α,β-unsaturated/α-hetero) is 1. The smallest absolute Gasteiger partial charge is 0.169 e. The average molecular weight is 180 g/mol. The molecule has 2 unspecified atom stereocenters. The van der Waals surface area contributed by atoms with E-state index in [0.717, 1.165) is 30.3 Å². The van der Waals surface area contributed by atoms with Gasteiger partial charge < -0.3 is 4.79 Å². The predicted molar refractivity (Wildman–Crippen MR) is 51.3 cm³/mol. The molecule has 13 heavy (non-hydrogen) atoms. The maximum Gasteiger partial charge on any atom is 0.169 e. The first kappa shape index (κ1) is 10.2. The normalized spacial score (nSPS) is 28.8. The molecule has 0 aliphatic heterocycles. The minimum absolute atomic E-state index is 0.0498. The number of aldehydes is 1. The number of carbonyl (C=O) groups excluding carboxylic acids is 2. The van der Waals surface area contributed by atoms with Crippen molar-refractivity contribution in [3.63, 3.8) is 0 Å². The molecule has 1 aliphatic rings. The van der Waals surface area contributed by atoms with Crippen LogP contribution >= 0.6 is 0 Å². The van der Waals surface area contributed by atoms with E-state index >= 15 is 0 Å². The summed E-state index contributed by atoms with van der Waals surface area (Å²) in [6, 6.07) is 0. The van der Waals surface area contributed by atoms with Crippen molar-refractivity contribution in [2.45, 2.75) is 33.6 Å². The molecule has 2 nitrogen and oxygen atoms in total. The molecule has 0 radical (unpaired) electrons. The summed E-state index contributed by atoms with van der Waals surface area (Å²) in [6.45, 7) is 5.84. The molecule has 72 valence electrons. The number of ketones is 1. The van der Waals surface area contributed by atoms with E-state index in [2.05, 4.69) is 0 Å². The van der Waals surface area contributed by atoms with E-state index in [-0.39, 0.29) is 11.7 Å². The molecule has 0 spiro atoms. The summed E-state index contributed by atoms with van der Waals surface area (Å²) in [7, 11) is 0. The van der Waals surface area contributed by atoms with Crippen LogP contribution in [0.3, 0.4) is 0 Å². The number of allylic oxidation sites excluding steroid dienone is 2. The van der Waals surface area contributed by atoms with Crippen LogP contribution in [-0.2, 0) is 9.59 Å². The highest BCUT2D eigenvalue weighted by Crippen LogP contribution is 2.30. The number of hydrogen-bond acceptors (Lipinski definition) is 2. The molecule has 2 heteroatoms. The second-order valence-corrected chi connectivity index (χ2v) is 4.02. The van der Waals surface area contributed by atoms with Gasteiger partial charge in [0.15, 0.2) is 5.78 Å². The van der Waals surface area contributed by atoms with Crippen LogP contribution in [0.25, 0.3) is 0 Å². The minimum Gasteiger partial charge on any atom is -0.303 e. The Kier molecular flexibility index (Phi) is 3.02. The van der Waals surface area contributed by atoms with Gasteiger partial charge in [0.1, 0.15) is 6.29 Å². The molecular weight excluding hydrogens is 164 g/mol. The van der Waals surface area contributed by atoms with Crippen molar-refractivity contribution >= 4 is 12.1 Å². The summed E-state index contributed by atoms with van der Waals surface area (Å²) in [5, 5.41) is 0. The molecular formula is C11H16O2. The number of hydrogen-bond donors (Lipinski definition) is 0. The van der Waals surface area contributed by atoms with Crippen molar-refractivity contribution in [3.8, 4) is 0 Å². The lowest BCUT2D eigenvalue weighted by molar-refractivity contribution is -0.127. The van der Waals surface area contributed by atoms with E-state index in [9.17, 15) is 9.59 Å². The van der Waals surface area contributed by atoms with Crippen molar-refractivity contribution < 1.29 is 9.59 Å². The SMILES string of the molecule is CC(C)=C1CCC(C)C(C=O)C1=O. The summed E-state index contributed by atoms with van der Waals surface area (Å²) in [5.74, 6) is -0.125. The van der Waals surface area contributed by atoms with Gasteiger partial charge in [0.2, 0.25) is 0 Å². The molecule has 1 saturated carbocycles. The molecule has 1 aliphatic carbocycles. The van der Waals surface area contributed by atoms with Crippen LogP contribution in [0.1, 0.15) is 33.6 Å². The maximum absolute atomic E-state index is 11.7. The maximum atomic E-state index is 11.7. The molecule has 0 aromatic carbocycles. The molecule has 0 amide bonds. The monoisotopic (exact) mass is 180 g/mol. The molecule has 0 N–H and O–H groups in total. The zero-order valence-corrected chi connectivity index (χ0v) is 8.46. The Bertz CT molecular complexity index is 259. The van der Waals surface area contributed by atoms with E-state index in [4.69, 9.17) is 0 Å². The van der Waals surface area contributed by atoms with Crippen LogP contribution in [0.15, 0.2) is 11.1 Å². The highest BCUT2D eigenvalue weighted by molar-refractivity contribution is 6.06. The quantitative estimate of drug-likeness (QED) is 0.352. The first-order valence-electron chi connectivity index (χ1n) is 4.73. The van der Waals surface area contributed by atoms with Gasteiger partial charge in [0.25, 0.3) is 0 Å².